The van der Waals surface area contributed by atoms with Crippen LogP contribution in [0.5, 0.6) is 0 Å². The van der Waals surface area contributed by atoms with E-state index in [0.717, 1.165) is 0 Å². The number of aliphatic carboxylic acids is 1. The molecule has 1 heterocycles. The molecule has 2 atom stereocenters. The number of hydrogen-bond donors (Lipinski definition) is 4. The molecule has 0 spiro atoms. The lowest BCUT2D eigenvalue weighted by Gasteiger charge is -2.35. The summed E-state index contributed by atoms with van der Waals surface area (Å²) in [7, 11) is 0. The molecule has 3 amide bonds. The second-order valence-electron chi connectivity index (χ2n) is 5.13. The fourth-order valence-electron chi connectivity index (χ4n) is 2.12. The minimum Gasteiger partial charge on any atom is -0.481 e. The molecule has 1 aliphatic rings. The first-order chi connectivity index (χ1) is 9.26. The van der Waals surface area contributed by atoms with E-state index in [1.807, 2.05) is 0 Å². The van der Waals surface area contributed by atoms with E-state index in [9.17, 15) is 19.5 Å². The molecule has 1 rings (SSSR count). The molecule has 2 unspecified atom stereocenters. The summed E-state index contributed by atoms with van der Waals surface area (Å²) < 4.78 is 0. The van der Waals surface area contributed by atoms with E-state index in [1.54, 1.807) is 6.92 Å². The van der Waals surface area contributed by atoms with E-state index in [1.165, 1.54) is 11.8 Å². The van der Waals surface area contributed by atoms with E-state index in [-0.39, 0.29) is 12.5 Å². The SMILES string of the molecule is CCC1C(=O)NCCN1C(=O)NCC(C)(O)CC(=O)O. The fraction of sp³-hybridized carbons (Fsp3) is 0.750. The highest BCUT2D eigenvalue weighted by Crippen LogP contribution is 2.11. The third-order valence-corrected chi connectivity index (χ3v) is 3.13. The third-order valence-electron chi connectivity index (χ3n) is 3.13. The Labute approximate surface area is 117 Å². The van der Waals surface area contributed by atoms with Gasteiger partial charge in [0.15, 0.2) is 0 Å². The van der Waals surface area contributed by atoms with E-state index in [4.69, 9.17) is 5.11 Å². The Morgan fingerprint density at radius 2 is 2.20 bits per heavy atom. The average molecular weight is 287 g/mol. The van der Waals surface area contributed by atoms with Gasteiger partial charge in [-0.1, -0.05) is 6.92 Å². The number of carboxylic acids is 1. The van der Waals surface area contributed by atoms with Crippen LogP contribution < -0.4 is 10.6 Å². The van der Waals surface area contributed by atoms with Crippen LogP contribution >= 0.6 is 0 Å². The van der Waals surface area contributed by atoms with Crippen molar-refractivity contribution >= 4 is 17.9 Å². The first kappa shape index (κ1) is 16.2. The van der Waals surface area contributed by atoms with Crippen molar-refractivity contribution in [3.8, 4) is 0 Å². The van der Waals surface area contributed by atoms with Gasteiger partial charge >= 0.3 is 12.0 Å². The van der Waals surface area contributed by atoms with E-state index in [2.05, 4.69) is 10.6 Å². The zero-order valence-electron chi connectivity index (χ0n) is 11.7. The highest BCUT2D eigenvalue weighted by molar-refractivity contribution is 5.88. The van der Waals surface area contributed by atoms with Crippen molar-refractivity contribution < 1.29 is 24.6 Å². The molecule has 0 aromatic heterocycles. The number of rotatable bonds is 5. The summed E-state index contributed by atoms with van der Waals surface area (Å²) in [6.07, 6.45) is 0.0236. The first-order valence-corrected chi connectivity index (χ1v) is 6.53. The van der Waals surface area contributed by atoms with Crippen molar-refractivity contribution in [1.29, 1.82) is 0 Å². The molecule has 4 N–H and O–H groups in total. The first-order valence-electron chi connectivity index (χ1n) is 6.53. The highest BCUT2D eigenvalue weighted by atomic mass is 16.4. The minimum absolute atomic E-state index is 0.188. The predicted octanol–water partition coefficient (Wildman–Crippen LogP) is -0.868. The maximum Gasteiger partial charge on any atom is 0.318 e. The summed E-state index contributed by atoms with van der Waals surface area (Å²) in [6.45, 7) is 3.72. The van der Waals surface area contributed by atoms with Crippen molar-refractivity contribution in [3.05, 3.63) is 0 Å². The summed E-state index contributed by atoms with van der Waals surface area (Å²) in [6, 6.07) is -1.01. The van der Waals surface area contributed by atoms with Gasteiger partial charge in [0, 0.05) is 19.6 Å². The highest BCUT2D eigenvalue weighted by Gasteiger charge is 2.33. The molecule has 8 nitrogen and oxygen atoms in total. The Balaban J connectivity index is 2.57. The molecule has 0 saturated carbocycles. The number of piperazine rings is 1. The van der Waals surface area contributed by atoms with E-state index < -0.39 is 30.1 Å². The average Bonchev–Trinajstić information content (AvgIpc) is 2.34. The van der Waals surface area contributed by atoms with Crippen LogP contribution in [0.2, 0.25) is 0 Å². The number of aliphatic hydroxyl groups is 1. The molecular weight excluding hydrogens is 266 g/mol. The molecule has 0 bridgehead atoms. The topological polar surface area (TPSA) is 119 Å². The number of amides is 3. The van der Waals surface area contributed by atoms with Crippen molar-refractivity contribution in [2.75, 3.05) is 19.6 Å². The monoisotopic (exact) mass is 287 g/mol. The molecule has 8 heteroatoms. The van der Waals surface area contributed by atoms with Crippen LogP contribution in [0.4, 0.5) is 4.79 Å². The van der Waals surface area contributed by atoms with Gasteiger partial charge < -0.3 is 25.7 Å². The van der Waals surface area contributed by atoms with Crippen LogP contribution in [0, 0.1) is 0 Å². The van der Waals surface area contributed by atoms with Crippen LogP contribution in [0.1, 0.15) is 26.7 Å². The lowest BCUT2D eigenvalue weighted by molar-refractivity contribution is -0.141. The van der Waals surface area contributed by atoms with Crippen molar-refractivity contribution in [2.24, 2.45) is 0 Å². The van der Waals surface area contributed by atoms with E-state index in [0.29, 0.717) is 19.5 Å². The Morgan fingerprint density at radius 3 is 2.75 bits per heavy atom. The maximum atomic E-state index is 12.0. The largest absolute Gasteiger partial charge is 0.481 e. The summed E-state index contributed by atoms with van der Waals surface area (Å²) >= 11 is 0. The van der Waals surface area contributed by atoms with Crippen LogP contribution in [0.15, 0.2) is 0 Å². The quantitative estimate of drug-likeness (QED) is 0.524. The van der Waals surface area contributed by atoms with Gasteiger partial charge in [0.1, 0.15) is 6.04 Å². The van der Waals surface area contributed by atoms with Gasteiger partial charge in [-0.3, -0.25) is 9.59 Å². The van der Waals surface area contributed by atoms with Gasteiger partial charge in [0.2, 0.25) is 5.91 Å². The number of carboxylic acid groups (broad SMARTS) is 1. The van der Waals surface area contributed by atoms with Crippen molar-refractivity contribution in [2.45, 2.75) is 38.3 Å². The molecule has 1 fully saturated rings. The van der Waals surface area contributed by atoms with Crippen molar-refractivity contribution in [1.82, 2.24) is 15.5 Å². The third kappa shape index (κ3) is 4.37. The molecule has 0 radical (unpaired) electrons. The number of nitrogens with zero attached hydrogens (tertiary/aromatic N) is 1. The lowest BCUT2D eigenvalue weighted by Crippen LogP contribution is -2.60. The Morgan fingerprint density at radius 1 is 1.55 bits per heavy atom. The molecule has 0 aromatic carbocycles. The number of nitrogens with one attached hydrogen (secondary N) is 2. The number of hydrogen-bond acceptors (Lipinski definition) is 4. The standard InChI is InChI=1S/C12H21N3O5/c1-3-8-10(18)13-4-5-15(8)11(19)14-7-12(2,20)6-9(16)17/h8,20H,3-7H2,1-2H3,(H,13,18)(H,14,19)(H,16,17). The second-order valence-corrected chi connectivity index (χ2v) is 5.13. The lowest BCUT2D eigenvalue weighted by atomic mass is 10.0. The van der Waals surface area contributed by atoms with E-state index >= 15 is 0 Å². The van der Waals surface area contributed by atoms with Gasteiger partial charge in [-0.25, -0.2) is 4.79 Å². The summed E-state index contributed by atoms with van der Waals surface area (Å²) in [4.78, 5) is 35.6. The minimum atomic E-state index is -1.53. The molecule has 1 saturated heterocycles. The maximum absolute atomic E-state index is 12.0. The van der Waals surface area contributed by atoms with Gasteiger partial charge in [-0.2, -0.15) is 0 Å². The smallest absolute Gasteiger partial charge is 0.318 e. The number of carbonyl (C=O) groups excluding carboxylic acids is 2. The summed E-state index contributed by atoms with van der Waals surface area (Å²) in [5.41, 5.74) is -1.53. The van der Waals surface area contributed by atoms with Crippen LogP contribution in [-0.2, 0) is 9.59 Å². The fourth-order valence-corrected chi connectivity index (χ4v) is 2.12. The number of urea groups is 1. The van der Waals surface area contributed by atoms with Gasteiger partial charge in [-0.15, -0.1) is 0 Å². The van der Waals surface area contributed by atoms with Crippen LogP contribution in [-0.4, -0.2) is 64.3 Å². The van der Waals surface area contributed by atoms with Gasteiger partial charge in [0.25, 0.3) is 0 Å². The Hall–Kier alpha value is -1.83. The molecule has 1 aliphatic heterocycles. The Kier molecular flexibility index (Phi) is 5.32. The molecule has 0 aromatic rings. The van der Waals surface area contributed by atoms with Gasteiger partial charge in [0.05, 0.1) is 12.0 Å². The molecule has 0 aliphatic carbocycles. The summed E-state index contributed by atoms with van der Waals surface area (Å²) in [5.74, 6) is -1.35. The number of carbonyl (C=O) groups is 3. The zero-order chi connectivity index (χ0) is 15.3. The van der Waals surface area contributed by atoms with Crippen LogP contribution in [0.25, 0.3) is 0 Å². The molecule has 114 valence electrons. The molecule has 20 heavy (non-hydrogen) atoms. The van der Waals surface area contributed by atoms with Crippen molar-refractivity contribution in [3.63, 3.8) is 0 Å². The normalized spacial score (nSPS) is 21.9. The van der Waals surface area contributed by atoms with Gasteiger partial charge in [-0.05, 0) is 13.3 Å². The Bertz CT molecular complexity index is 397. The summed E-state index contributed by atoms with van der Waals surface area (Å²) in [5, 5.41) is 23.6. The second kappa shape index (κ2) is 6.56. The van der Waals surface area contributed by atoms with Crippen LogP contribution in [0.3, 0.4) is 0 Å². The predicted molar refractivity (Wildman–Crippen MR) is 70.1 cm³/mol. The zero-order valence-corrected chi connectivity index (χ0v) is 11.7. The molecular formula is C12H21N3O5.